The molecule has 0 aliphatic heterocycles. The smallest absolute Gasteiger partial charge is 0.337 e. The standard InChI is InChI=1S/C24H31NO2/c1-15-12-18-19(23(4,5)9-8-22(18,2)3)13-17(15)24(10-11-24)20-7-6-16(14-25-20)21(26)27/h6-7,13-15H,8-12H2,1-5H3,(H,26,27). The van der Waals surface area contributed by atoms with Gasteiger partial charge in [0.2, 0.25) is 0 Å². The quantitative estimate of drug-likeness (QED) is 0.723. The van der Waals surface area contributed by atoms with Crippen LogP contribution in [-0.2, 0) is 5.41 Å². The molecule has 1 aromatic heterocycles. The Hall–Kier alpha value is -1.90. The van der Waals surface area contributed by atoms with Gasteiger partial charge in [-0.3, -0.25) is 4.98 Å². The molecular weight excluding hydrogens is 334 g/mol. The number of allylic oxidation sites excluding steroid dienone is 4. The molecule has 3 heteroatoms. The van der Waals surface area contributed by atoms with Crippen molar-refractivity contribution >= 4 is 5.97 Å². The summed E-state index contributed by atoms with van der Waals surface area (Å²) in [6.45, 7) is 12.0. The molecule has 1 saturated carbocycles. The summed E-state index contributed by atoms with van der Waals surface area (Å²) >= 11 is 0. The number of hydrogen-bond donors (Lipinski definition) is 1. The van der Waals surface area contributed by atoms with E-state index in [1.54, 1.807) is 17.2 Å². The number of aromatic nitrogens is 1. The highest BCUT2D eigenvalue weighted by Gasteiger charge is 2.52. The third-order valence-corrected chi connectivity index (χ3v) is 7.39. The first-order chi connectivity index (χ1) is 12.6. The maximum absolute atomic E-state index is 11.2. The van der Waals surface area contributed by atoms with Gasteiger partial charge in [0.25, 0.3) is 0 Å². The van der Waals surface area contributed by atoms with Crippen molar-refractivity contribution in [2.45, 2.75) is 72.1 Å². The highest BCUT2D eigenvalue weighted by Crippen LogP contribution is 2.61. The Labute approximate surface area is 162 Å². The zero-order valence-corrected chi connectivity index (χ0v) is 17.2. The lowest BCUT2D eigenvalue weighted by atomic mass is 9.58. The minimum Gasteiger partial charge on any atom is -0.478 e. The van der Waals surface area contributed by atoms with Crippen LogP contribution in [0.1, 0.15) is 82.8 Å². The molecule has 3 aliphatic carbocycles. The minimum absolute atomic E-state index is 0.0205. The molecule has 3 aliphatic rings. The fourth-order valence-electron chi connectivity index (χ4n) is 5.30. The molecule has 0 aromatic carbocycles. The number of rotatable bonds is 3. The van der Waals surface area contributed by atoms with Crippen molar-refractivity contribution < 1.29 is 9.90 Å². The van der Waals surface area contributed by atoms with E-state index in [-0.39, 0.29) is 16.4 Å². The Kier molecular flexibility index (Phi) is 3.96. The van der Waals surface area contributed by atoms with Crippen LogP contribution in [-0.4, -0.2) is 16.1 Å². The first kappa shape index (κ1) is 18.5. The Bertz CT molecular complexity index is 851. The number of aromatic carboxylic acids is 1. The van der Waals surface area contributed by atoms with E-state index >= 15 is 0 Å². The minimum atomic E-state index is -0.912. The highest BCUT2D eigenvalue weighted by molar-refractivity contribution is 5.87. The fraction of sp³-hybridized carbons (Fsp3) is 0.583. The molecule has 3 nitrogen and oxygen atoms in total. The van der Waals surface area contributed by atoms with E-state index < -0.39 is 5.97 Å². The molecule has 1 heterocycles. The number of nitrogens with zero attached hydrogens (tertiary/aromatic N) is 1. The molecule has 1 aromatic rings. The second-order valence-corrected chi connectivity index (χ2v) is 10.2. The lowest BCUT2D eigenvalue weighted by Crippen LogP contribution is -2.35. The van der Waals surface area contributed by atoms with Gasteiger partial charge in [-0.2, -0.15) is 0 Å². The van der Waals surface area contributed by atoms with Crippen LogP contribution in [0.3, 0.4) is 0 Å². The van der Waals surface area contributed by atoms with Gasteiger partial charge in [0.1, 0.15) is 0 Å². The zero-order chi connectivity index (χ0) is 19.6. The summed E-state index contributed by atoms with van der Waals surface area (Å²) in [5.74, 6) is -0.398. The lowest BCUT2D eigenvalue weighted by molar-refractivity contribution is 0.0696. The van der Waals surface area contributed by atoms with Gasteiger partial charge in [0, 0.05) is 11.6 Å². The normalized spacial score (nSPS) is 27.6. The molecule has 1 atom stereocenters. The van der Waals surface area contributed by atoms with Crippen LogP contribution in [0.15, 0.2) is 41.1 Å². The summed E-state index contributed by atoms with van der Waals surface area (Å²) < 4.78 is 0. The van der Waals surface area contributed by atoms with Gasteiger partial charge in [-0.15, -0.1) is 0 Å². The number of hydrogen-bond acceptors (Lipinski definition) is 2. The van der Waals surface area contributed by atoms with Crippen LogP contribution >= 0.6 is 0 Å². The molecule has 0 spiro atoms. The predicted octanol–water partition coefficient (Wildman–Crippen LogP) is 5.92. The van der Waals surface area contributed by atoms with E-state index in [0.717, 1.165) is 25.0 Å². The number of pyridine rings is 1. The summed E-state index contributed by atoms with van der Waals surface area (Å²) in [5.41, 5.74) is 6.57. The van der Waals surface area contributed by atoms with E-state index in [1.165, 1.54) is 24.6 Å². The average Bonchev–Trinajstić information content (AvgIpc) is 3.40. The van der Waals surface area contributed by atoms with Crippen molar-refractivity contribution in [2.75, 3.05) is 0 Å². The third kappa shape index (κ3) is 2.86. The van der Waals surface area contributed by atoms with Crippen LogP contribution in [0.2, 0.25) is 0 Å². The van der Waals surface area contributed by atoms with Gasteiger partial charge < -0.3 is 5.11 Å². The fourth-order valence-corrected chi connectivity index (χ4v) is 5.30. The first-order valence-corrected chi connectivity index (χ1v) is 10.2. The molecule has 0 bridgehead atoms. The van der Waals surface area contributed by atoms with Crippen molar-refractivity contribution in [3.63, 3.8) is 0 Å². The average molecular weight is 366 g/mol. The number of carboxylic acid groups (broad SMARTS) is 1. The Morgan fingerprint density at radius 1 is 1.07 bits per heavy atom. The predicted molar refractivity (Wildman–Crippen MR) is 108 cm³/mol. The maximum Gasteiger partial charge on any atom is 0.337 e. The molecule has 0 amide bonds. The SMILES string of the molecule is CC1CC2=C(C=C1C1(c3ccc(C(=O)O)cn3)CC1)C(C)(C)CCC2(C)C. The van der Waals surface area contributed by atoms with E-state index in [4.69, 9.17) is 5.11 Å². The summed E-state index contributed by atoms with van der Waals surface area (Å²) in [6.07, 6.45) is 9.92. The van der Waals surface area contributed by atoms with Crippen molar-refractivity contribution in [3.8, 4) is 0 Å². The second kappa shape index (κ2) is 5.80. The zero-order valence-electron chi connectivity index (χ0n) is 17.2. The van der Waals surface area contributed by atoms with Gasteiger partial charge in [0.15, 0.2) is 0 Å². The van der Waals surface area contributed by atoms with Crippen LogP contribution < -0.4 is 0 Å². The molecule has 27 heavy (non-hydrogen) atoms. The van der Waals surface area contributed by atoms with Crippen LogP contribution in [0.5, 0.6) is 0 Å². The molecular formula is C24H31NO2. The largest absolute Gasteiger partial charge is 0.478 e. The van der Waals surface area contributed by atoms with Crippen molar-refractivity contribution in [2.24, 2.45) is 16.7 Å². The van der Waals surface area contributed by atoms with E-state index in [0.29, 0.717) is 11.3 Å². The molecule has 1 N–H and O–H groups in total. The molecule has 0 radical (unpaired) electrons. The van der Waals surface area contributed by atoms with E-state index in [9.17, 15) is 4.79 Å². The van der Waals surface area contributed by atoms with E-state index in [2.05, 4.69) is 45.7 Å². The van der Waals surface area contributed by atoms with Gasteiger partial charge in [-0.05, 0) is 66.6 Å². The van der Waals surface area contributed by atoms with Crippen molar-refractivity contribution in [3.05, 3.63) is 52.4 Å². The van der Waals surface area contributed by atoms with Crippen LogP contribution in [0.4, 0.5) is 0 Å². The van der Waals surface area contributed by atoms with Crippen LogP contribution in [0.25, 0.3) is 0 Å². The Balaban J connectivity index is 1.78. The molecule has 144 valence electrons. The lowest BCUT2D eigenvalue weighted by Gasteiger charge is -2.47. The first-order valence-electron chi connectivity index (χ1n) is 10.2. The highest BCUT2D eigenvalue weighted by atomic mass is 16.4. The van der Waals surface area contributed by atoms with Crippen molar-refractivity contribution in [1.82, 2.24) is 4.98 Å². The van der Waals surface area contributed by atoms with E-state index in [1.807, 2.05) is 6.07 Å². The van der Waals surface area contributed by atoms with Gasteiger partial charge in [0.05, 0.1) is 11.3 Å². The monoisotopic (exact) mass is 365 g/mol. The summed E-state index contributed by atoms with van der Waals surface area (Å²) in [4.78, 5) is 15.7. The third-order valence-electron chi connectivity index (χ3n) is 7.39. The second-order valence-electron chi connectivity index (χ2n) is 10.2. The molecule has 1 fully saturated rings. The Morgan fingerprint density at radius 2 is 1.74 bits per heavy atom. The maximum atomic E-state index is 11.2. The Morgan fingerprint density at radius 3 is 2.30 bits per heavy atom. The number of carbonyl (C=O) groups is 1. The van der Waals surface area contributed by atoms with Crippen molar-refractivity contribution in [1.29, 1.82) is 0 Å². The summed E-state index contributed by atoms with van der Waals surface area (Å²) in [6, 6.07) is 3.64. The van der Waals surface area contributed by atoms with Crippen LogP contribution in [0, 0.1) is 16.7 Å². The van der Waals surface area contributed by atoms with Gasteiger partial charge in [-0.1, -0.05) is 51.8 Å². The summed E-state index contributed by atoms with van der Waals surface area (Å²) in [5, 5.41) is 9.16. The van der Waals surface area contributed by atoms with Gasteiger partial charge >= 0.3 is 5.97 Å². The molecule has 1 unspecified atom stereocenters. The molecule has 0 saturated heterocycles. The van der Waals surface area contributed by atoms with Gasteiger partial charge in [-0.25, -0.2) is 4.79 Å². The summed E-state index contributed by atoms with van der Waals surface area (Å²) in [7, 11) is 0. The topological polar surface area (TPSA) is 50.2 Å². The number of carboxylic acids is 1. The molecule has 4 rings (SSSR count).